The lowest BCUT2D eigenvalue weighted by molar-refractivity contribution is -0.574. The molecule has 0 unspecified atom stereocenters. The molecule has 0 atom stereocenters. The van der Waals surface area contributed by atoms with Crippen LogP contribution in [-0.2, 0) is 0 Å². The number of hydrogen-bond acceptors (Lipinski definition) is 3. The van der Waals surface area contributed by atoms with Crippen LogP contribution in [0.2, 0.25) is 0 Å². The van der Waals surface area contributed by atoms with Crippen LogP contribution in [0.1, 0.15) is 5.01 Å². The van der Waals surface area contributed by atoms with Gasteiger partial charge in [0.1, 0.15) is 4.70 Å². The summed E-state index contributed by atoms with van der Waals surface area (Å²) in [4.78, 5) is 0. The third-order valence-corrected chi connectivity index (χ3v) is 2.59. The maximum absolute atomic E-state index is 11.3. The second-order valence-corrected chi connectivity index (χ2v) is 3.31. The summed E-state index contributed by atoms with van der Waals surface area (Å²) in [5.41, 5.74) is 0.569. The van der Waals surface area contributed by atoms with Crippen LogP contribution in [0.3, 0.4) is 0 Å². The molecular weight excluding hydrogens is 172 g/mol. The van der Waals surface area contributed by atoms with Gasteiger partial charge >= 0.3 is 5.01 Å². The van der Waals surface area contributed by atoms with Gasteiger partial charge in [0.25, 0.3) is 0 Å². The van der Waals surface area contributed by atoms with E-state index in [0.29, 0.717) is 10.2 Å². The summed E-state index contributed by atoms with van der Waals surface area (Å²) in [5.74, 6) is 0. The zero-order valence-corrected chi connectivity index (χ0v) is 6.84. The lowest BCUT2D eigenvalue weighted by Crippen LogP contribution is -2.26. The highest BCUT2D eigenvalue weighted by Gasteiger charge is 2.13. The number of fused-ring (bicyclic) bond motifs is 1. The van der Waals surface area contributed by atoms with Gasteiger partial charge in [0.05, 0.1) is 0 Å². The Morgan fingerprint density at radius 2 is 2.17 bits per heavy atom. The zero-order valence-electron chi connectivity index (χ0n) is 6.02. The summed E-state index contributed by atoms with van der Waals surface area (Å²) in [6, 6.07) is 9.02. The zero-order chi connectivity index (χ0) is 8.55. The maximum atomic E-state index is 11.3. The Morgan fingerprint density at radius 3 is 2.83 bits per heavy atom. The van der Waals surface area contributed by atoms with Crippen LogP contribution < -0.4 is 4.73 Å². The van der Waals surface area contributed by atoms with Crippen LogP contribution >= 0.6 is 11.3 Å². The molecule has 0 aliphatic carbocycles. The number of para-hydroxylation sites is 1. The summed E-state index contributed by atoms with van der Waals surface area (Å²) in [7, 11) is 0. The lowest BCUT2D eigenvalue weighted by Gasteiger charge is -1.90. The Labute approximate surface area is 72.7 Å². The molecule has 12 heavy (non-hydrogen) atoms. The highest BCUT2D eigenvalue weighted by Crippen LogP contribution is 2.18. The SMILES string of the molecule is N#Cc1sc2ccccc2[n+]1[O-]. The fourth-order valence-corrected chi connectivity index (χ4v) is 1.87. The van der Waals surface area contributed by atoms with E-state index >= 15 is 0 Å². The van der Waals surface area contributed by atoms with Crippen molar-refractivity contribution in [2.45, 2.75) is 0 Å². The van der Waals surface area contributed by atoms with E-state index in [4.69, 9.17) is 5.26 Å². The molecule has 0 spiro atoms. The molecule has 0 bridgehead atoms. The average Bonchev–Trinajstić information content (AvgIpc) is 2.44. The normalized spacial score (nSPS) is 9.92. The van der Waals surface area contributed by atoms with Crippen molar-refractivity contribution >= 4 is 21.6 Å². The van der Waals surface area contributed by atoms with E-state index in [1.807, 2.05) is 18.2 Å². The number of nitriles is 1. The fourth-order valence-electron chi connectivity index (χ4n) is 1.03. The molecule has 0 amide bonds. The first-order chi connectivity index (χ1) is 5.83. The third kappa shape index (κ3) is 0.840. The number of thiazole rings is 1. The second-order valence-electron chi connectivity index (χ2n) is 2.28. The lowest BCUT2D eigenvalue weighted by atomic mass is 10.3. The average molecular weight is 176 g/mol. The van der Waals surface area contributed by atoms with Crippen molar-refractivity contribution in [2.75, 3.05) is 0 Å². The quantitative estimate of drug-likeness (QED) is 0.450. The molecular formula is C8H4N2OS. The van der Waals surface area contributed by atoms with Gasteiger partial charge in [0, 0.05) is 6.07 Å². The standard InChI is InChI=1S/C8H4N2OS/c9-5-8-10(11)6-3-1-2-4-7(6)12-8/h1-4H. The van der Waals surface area contributed by atoms with Gasteiger partial charge < -0.3 is 5.21 Å². The van der Waals surface area contributed by atoms with Gasteiger partial charge in [0.2, 0.25) is 5.52 Å². The van der Waals surface area contributed by atoms with Crippen molar-refractivity contribution in [1.29, 1.82) is 5.26 Å². The molecule has 0 saturated carbocycles. The number of rotatable bonds is 0. The molecule has 3 nitrogen and oxygen atoms in total. The van der Waals surface area contributed by atoms with Crippen LogP contribution in [0, 0.1) is 16.5 Å². The molecule has 0 aliphatic rings. The van der Waals surface area contributed by atoms with Crippen molar-refractivity contribution < 1.29 is 4.73 Å². The Hall–Kier alpha value is -1.60. The summed E-state index contributed by atoms with van der Waals surface area (Å²) in [5, 5.41) is 20.0. The Bertz CT molecular complexity index is 469. The van der Waals surface area contributed by atoms with Crippen LogP contribution in [0.4, 0.5) is 0 Å². The molecule has 58 valence electrons. The second kappa shape index (κ2) is 2.47. The first-order valence-corrected chi connectivity index (χ1v) is 4.16. The van der Waals surface area contributed by atoms with E-state index in [9.17, 15) is 5.21 Å². The van der Waals surface area contributed by atoms with E-state index < -0.39 is 0 Å². The van der Waals surface area contributed by atoms with Gasteiger partial charge in [-0.15, -0.1) is 4.73 Å². The Kier molecular flexibility index (Phi) is 1.45. The summed E-state index contributed by atoms with van der Waals surface area (Å²) in [6.07, 6.45) is 0. The van der Waals surface area contributed by atoms with Crippen LogP contribution in [0.5, 0.6) is 0 Å². The minimum absolute atomic E-state index is 0.191. The number of nitrogens with zero attached hydrogens (tertiary/aromatic N) is 2. The summed E-state index contributed by atoms with van der Waals surface area (Å²) >= 11 is 1.21. The Morgan fingerprint density at radius 1 is 1.42 bits per heavy atom. The van der Waals surface area contributed by atoms with Gasteiger partial charge in [-0.1, -0.05) is 12.1 Å². The maximum Gasteiger partial charge on any atom is 0.353 e. The van der Waals surface area contributed by atoms with Gasteiger partial charge in [-0.05, 0) is 17.4 Å². The van der Waals surface area contributed by atoms with Gasteiger partial charge in [0.15, 0.2) is 6.07 Å². The van der Waals surface area contributed by atoms with Gasteiger partial charge in [-0.25, -0.2) is 0 Å². The molecule has 0 N–H and O–H groups in total. The van der Waals surface area contributed by atoms with E-state index in [2.05, 4.69) is 0 Å². The first kappa shape index (κ1) is 7.07. The number of aromatic nitrogens is 1. The fraction of sp³-hybridized carbons (Fsp3) is 0. The smallest absolute Gasteiger partial charge is 0.353 e. The minimum atomic E-state index is 0.191. The molecule has 0 saturated heterocycles. The van der Waals surface area contributed by atoms with E-state index in [1.54, 1.807) is 12.1 Å². The topological polar surface area (TPSA) is 50.7 Å². The van der Waals surface area contributed by atoms with Crippen molar-refractivity contribution in [3.63, 3.8) is 0 Å². The highest BCUT2D eigenvalue weighted by molar-refractivity contribution is 7.18. The third-order valence-electron chi connectivity index (χ3n) is 1.57. The minimum Gasteiger partial charge on any atom is -0.617 e. The number of hydrogen-bond donors (Lipinski definition) is 0. The van der Waals surface area contributed by atoms with Crippen LogP contribution in [-0.4, -0.2) is 0 Å². The van der Waals surface area contributed by atoms with Crippen molar-refractivity contribution in [2.24, 2.45) is 0 Å². The van der Waals surface area contributed by atoms with E-state index in [0.717, 1.165) is 4.70 Å². The predicted octanol–water partition coefficient (Wildman–Crippen LogP) is 1.41. The monoisotopic (exact) mass is 176 g/mol. The summed E-state index contributed by atoms with van der Waals surface area (Å²) in [6.45, 7) is 0. The van der Waals surface area contributed by atoms with Crippen LogP contribution in [0.25, 0.3) is 10.2 Å². The van der Waals surface area contributed by atoms with Crippen molar-refractivity contribution in [3.05, 3.63) is 34.5 Å². The molecule has 1 heterocycles. The van der Waals surface area contributed by atoms with Gasteiger partial charge in [-0.2, -0.15) is 5.26 Å². The molecule has 2 aromatic rings. The largest absolute Gasteiger partial charge is 0.617 e. The number of benzene rings is 1. The van der Waals surface area contributed by atoms with E-state index in [-0.39, 0.29) is 5.01 Å². The molecule has 0 fully saturated rings. The molecule has 0 aliphatic heterocycles. The molecule has 4 heteroatoms. The highest BCUT2D eigenvalue weighted by atomic mass is 32.1. The predicted molar refractivity (Wildman–Crippen MR) is 45.5 cm³/mol. The van der Waals surface area contributed by atoms with Gasteiger partial charge in [-0.3, -0.25) is 0 Å². The van der Waals surface area contributed by atoms with Crippen molar-refractivity contribution in [3.8, 4) is 6.07 Å². The summed E-state index contributed by atoms with van der Waals surface area (Å²) < 4.78 is 1.52. The first-order valence-electron chi connectivity index (χ1n) is 3.34. The van der Waals surface area contributed by atoms with Crippen molar-refractivity contribution in [1.82, 2.24) is 0 Å². The molecule has 2 rings (SSSR count). The molecule has 0 radical (unpaired) electrons. The van der Waals surface area contributed by atoms with E-state index in [1.165, 1.54) is 11.3 Å². The Balaban J connectivity index is 2.90. The molecule has 1 aromatic heterocycles. The van der Waals surface area contributed by atoms with Crippen LogP contribution in [0.15, 0.2) is 24.3 Å². The molecule has 1 aromatic carbocycles.